The number of hydrogen-bond acceptors (Lipinski definition) is 0. The summed E-state index contributed by atoms with van der Waals surface area (Å²) in [5.74, 6) is 0. The minimum absolute atomic E-state index is 0.175. The van der Waals surface area contributed by atoms with E-state index in [1.807, 2.05) is 0 Å². The van der Waals surface area contributed by atoms with Crippen molar-refractivity contribution < 1.29 is 0 Å². The van der Waals surface area contributed by atoms with E-state index in [4.69, 9.17) is 0 Å². The lowest BCUT2D eigenvalue weighted by atomic mass is 10.4. The van der Waals surface area contributed by atoms with Crippen molar-refractivity contribution in [3.63, 3.8) is 0 Å². The maximum Gasteiger partial charge on any atom is 0.0534 e. The topological polar surface area (TPSA) is 0 Å². The van der Waals surface area contributed by atoms with Crippen LogP contribution in [0, 0.1) is 0 Å². The molecule has 1 heterocycles. The van der Waals surface area contributed by atoms with E-state index in [0.29, 0.717) is 4.40 Å². The zero-order chi connectivity index (χ0) is 25.7. The van der Waals surface area contributed by atoms with E-state index in [2.05, 4.69) is 155 Å². The van der Waals surface area contributed by atoms with Crippen LogP contribution < -0.4 is 15.9 Å². The molecule has 0 spiro atoms. The van der Waals surface area contributed by atoms with Crippen molar-refractivity contribution in [2.24, 2.45) is 0 Å². The van der Waals surface area contributed by atoms with Crippen LogP contribution in [0.1, 0.15) is 0 Å². The van der Waals surface area contributed by atoms with Crippen LogP contribution in [0.3, 0.4) is 0 Å². The molecule has 0 amide bonds. The van der Waals surface area contributed by atoms with Gasteiger partial charge < -0.3 is 0 Å². The van der Waals surface area contributed by atoms with Gasteiger partial charge in [0, 0.05) is 0 Å². The predicted molar refractivity (Wildman–Crippen MR) is 175 cm³/mol. The van der Waals surface area contributed by atoms with Gasteiger partial charge >= 0.3 is 0 Å². The van der Waals surface area contributed by atoms with E-state index < -0.39 is 31.1 Å². The molecule has 186 valence electrons. The molecule has 1 fully saturated rings. The van der Waals surface area contributed by atoms with Gasteiger partial charge in [0.2, 0.25) is 0 Å². The highest BCUT2D eigenvalue weighted by atomic mass is 31.2. The lowest BCUT2D eigenvalue weighted by Gasteiger charge is -2.42. The third-order valence-corrected chi connectivity index (χ3v) is 37.1. The summed E-state index contributed by atoms with van der Waals surface area (Å²) in [6, 6.07) is 34.5. The van der Waals surface area contributed by atoms with Gasteiger partial charge in [-0.25, -0.2) is 0 Å². The van der Waals surface area contributed by atoms with Crippen LogP contribution in [-0.2, 0) is 0 Å². The van der Waals surface area contributed by atoms with Gasteiger partial charge in [-0.15, -0.1) is 0 Å². The SMILES string of the molecule is C[Si](C)(C)C1[P@@](C=P(c2ccccc2)(c2ccccc2)c2ccccc2)C1([Si](C)(C)C)[Si](C)(C)C. The molecule has 5 heteroatoms. The van der Waals surface area contributed by atoms with E-state index in [9.17, 15) is 0 Å². The van der Waals surface area contributed by atoms with Crippen LogP contribution in [0.2, 0.25) is 58.9 Å². The predicted octanol–water partition coefficient (Wildman–Crippen LogP) is 7.98. The molecule has 4 rings (SSSR count). The molecule has 3 aromatic rings. The van der Waals surface area contributed by atoms with Crippen LogP contribution in [0.15, 0.2) is 91.0 Å². The molecule has 1 aliphatic rings. The molecule has 0 nitrogen and oxygen atoms in total. The quantitative estimate of drug-likeness (QED) is 0.207. The van der Waals surface area contributed by atoms with Gasteiger partial charge in [0.05, 0.1) is 24.2 Å². The minimum Gasteiger partial charge on any atom is -0.0801 e. The molecule has 2 atom stereocenters. The summed E-state index contributed by atoms with van der Waals surface area (Å²) in [7, 11) is -4.41. The first-order valence-corrected chi connectivity index (χ1v) is 26.9. The molecule has 0 radical (unpaired) electrons. The average molecular weight is 551 g/mol. The Morgan fingerprint density at radius 3 is 1.11 bits per heavy atom. The van der Waals surface area contributed by atoms with Crippen molar-refractivity contribution in [1.82, 2.24) is 0 Å². The van der Waals surface area contributed by atoms with E-state index >= 15 is 0 Å². The summed E-state index contributed by atoms with van der Waals surface area (Å²) in [4.78, 5) is 0. The molecular weight excluding hydrogens is 507 g/mol. The largest absolute Gasteiger partial charge is 0.0801 e. The summed E-state index contributed by atoms with van der Waals surface area (Å²) < 4.78 is 0.614. The third kappa shape index (κ3) is 4.51. The van der Waals surface area contributed by atoms with Crippen molar-refractivity contribution in [3.05, 3.63) is 91.0 Å². The summed E-state index contributed by atoms with van der Waals surface area (Å²) in [6.45, 7) is 22.3. The zero-order valence-corrected chi connectivity index (χ0v) is 28.0. The molecule has 35 heavy (non-hydrogen) atoms. The van der Waals surface area contributed by atoms with Crippen molar-refractivity contribution in [2.75, 3.05) is 0 Å². The van der Waals surface area contributed by atoms with Gasteiger partial charge in [-0.1, -0.05) is 158 Å². The smallest absolute Gasteiger partial charge is 0.0534 e. The Kier molecular flexibility index (Phi) is 7.28. The number of benzene rings is 3. The van der Waals surface area contributed by atoms with E-state index in [0.717, 1.165) is 5.28 Å². The summed E-state index contributed by atoms with van der Waals surface area (Å²) in [5.41, 5.74) is 3.04. The fraction of sp³-hybridized carbons (Fsp3) is 0.367. The third-order valence-electron chi connectivity index (χ3n) is 7.91. The van der Waals surface area contributed by atoms with Crippen LogP contribution >= 0.6 is 14.8 Å². The molecular formula is C30H44P2Si3. The van der Waals surface area contributed by atoms with Gasteiger partial charge in [-0.3, -0.25) is 0 Å². The second-order valence-corrected chi connectivity index (χ2v) is 37.0. The second-order valence-electron chi connectivity index (χ2n) is 13.3. The van der Waals surface area contributed by atoms with Crippen LogP contribution in [0.4, 0.5) is 0 Å². The fourth-order valence-corrected chi connectivity index (χ4v) is 49.6. The molecule has 0 saturated carbocycles. The van der Waals surface area contributed by atoms with Crippen LogP contribution in [-0.4, -0.2) is 39.4 Å². The Morgan fingerprint density at radius 1 is 0.571 bits per heavy atom. The van der Waals surface area contributed by atoms with E-state index in [-0.39, 0.29) is 7.92 Å². The highest BCUT2D eigenvalue weighted by Gasteiger charge is 2.77. The highest BCUT2D eigenvalue weighted by molar-refractivity contribution is 8.09. The van der Waals surface area contributed by atoms with Crippen LogP contribution in [0.25, 0.3) is 0 Å². The van der Waals surface area contributed by atoms with Gasteiger partial charge in [-0.05, 0) is 38.0 Å². The maximum atomic E-state index is 3.04. The van der Waals surface area contributed by atoms with Gasteiger partial charge in [0.15, 0.2) is 0 Å². The second kappa shape index (κ2) is 9.41. The summed E-state index contributed by atoms with van der Waals surface area (Å²) in [6.07, 6.45) is 0. The Morgan fingerprint density at radius 2 is 0.886 bits per heavy atom. The monoisotopic (exact) mass is 550 g/mol. The Hall–Kier alpha value is -0.959. The first-order valence-electron chi connectivity index (χ1n) is 13.0. The molecule has 1 unspecified atom stereocenters. The standard InChI is InChI=1S/C30H44P2Si3/c1-33(2,3)29-30(34(4,5)6,35(7,8)9)31(29)25-32(26-19-13-10-14-20-26,27-21-15-11-16-22-27)28-23-17-12-18-24-28/h10-25,29H,1-9H3/t29?,31-/m1/s1. The first-order chi connectivity index (χ1) is 16.3. The lowest BCUT2D eigenvalue weighted by Crippen LogP contribution is -2.61. The van der Waals surface area contributed by atoms with Gasteiger partial charge in [0.25, 0.3) is 0 Å². The molecule has 1 aliphatic heterocycles. The van der Waals surface area contributed by atoms with Crippen molar-refractivity contribution in [2.45, 2.75) is 68.6 Å². The zero-order valence-electron chi connectivity index (χ0n) is 23.2. The maximum absolute atomic E-state index is 3.04. The highest BCUT2D eigenvalue weighted by Crippen LogP contribution is 2.83. The number of rotatable bonds is 7. The van der Waals surface area contributed by atoms with E-state index in [1.165, 1.54) is 15.9 Å². The molecule has 1 saturated heterocycles. The molecule has 0 bridgehead atoms. The molecule has 0 aromatic heterocycles. The fourth-order valence-electron chi connectivity index (χ4n) is 7.06. The molecule has 3 aromatic carbocycles. The Labute approximate surface area is 219 Å². The van der Waals surface area contributed by atoms with Crippen molar-refractivity contribution in [3.8, 4) is 0 Å². The number of hydrogen-bond donors (Lipinski definition) is 0. The lowest BCUT2D eigenvalue weighted by molar-refractivity contribution is 1.15. The normalized spacial score (nSPS) is 20.4. The van der Waals surface area contributed by atoms with Gasteiger partial charge in [-0.2, -0.15) is 0 Å². The molecule has 0 aliphatic carbocycles. The minimum atomic E-state index is -1.90. The van der Waals surface area contributed by atoms with Crippen LogP contribution in [0.5, 0.6) is 0 Å². The summed E-state index contributed by atoms with van der Waals surface area (Å²) >= 11 is 0. The van der Waals surface area contributed by atoms with Crippen molar-refractivity contribution >= 4 is 60.5 Å². The average Bonchev–Trinajstić information content (AvgIpc) is 3.51. The Balaban J connectivity index is 2.15. The summed E-state index contributed by atoms with van der Waals surface area (Å²) in [5, 5.41) is 5.49. The van der Waals surface area contributed by atoms with Crippen molar-refractivity contribution in [1.29, 1.82) is 0 Å². The van der Waals surface area contributed by atoms with Gasteiger partial charge in [0.1, 0.15) is 0 Å². The Bertz CT molecular complexity index is 1080. The first kappa shape index (κ1) is 27.1. The molecule has 0 N–H and O–H groups in total. The van der Waals surface area contributed by atoms with E-state index in [1.54, 1.807) is 0 Å².